The van der Waals surface area contributed by atoms with E-state index in [-0.39, 0.29) is 17.5 Å². The molecule has 1 aromatic carbocycles. The van der Waals surface area contributed by atoms with E-state index in [0.717, 1.165) is 31.6 Å². The second-order valence-electron chi connectivity index (χ2n) is 7.14. The van der Waals surface area contributed by atoms with Crippen molar-refractivity contribution in [3.63, 3.8) is 0 Å². The first-order valence-corrected chi connectivity index (χ1v) is 11.0. The molecule has 0 aromatic heterocycles. The van der Waals surface area contributed by atoms with Gasteiger partial charge in [0.15, 0.2) is 0 Å². The Morgan fingerprint density at radius 3 is 2.38 bits per heavy atom. The molecule has 1 N–H and O–H groups in total. The molecule has 1 amide bonds. The third kappa shape index (κ3) is 4.54. The molecule has 0 unspecified atom stereocenters. The molecule has 8 heteroatoms. The summed E-state index contributed by atoms with van der Waals surface area (Å²) in [5.41, 5.74) is 1.12. The van der Waals surface area contributed by atoms with Gasteiger partial charge in [-0.25, -0.2) is 17.1 Å². The van der Waals surface area contributed by atoms with E-state index in [4.69, 9.17) is 0 Å². The number of carbonyl (C=O) groups is 1. The van der Waals surface area contributed by atoms with E-state index in [0.29, 0.717) is 25.9 Å². The second-order valence-corrected chi connectivity index (χ2v) is 9.12. The van der Waals surface area contributed by atoms with Crippen LogP contribution < -0.4 is 10.2 Å². The molecule has 1 aromatic rings. The molecule has 3 rings (SSSR count). The van der Waals surface area contributed by atoms with Crippen LogP contribution in [0.3, 0.4) is 0 Å². The van der Waals surface area contributed by atoms with E-state index < -0.39 is 15.8 Å². The van der Waals surface area contributed by atoms with E-state index in [2.05, 4.69) is 10.2 Å². The predicted octanol–water partition coefficient (Wildman–Crippen LogP) is 2.43. The molecule has 0 bridgehead atoms. The topological polar surface area (TPSA) is 69.7 Å². The molecular weight excluding hydrogens is 357 g/mol. The van der Waals surface area contributed by atoms with Crippen molar-refractivity contribution in [2.75, 3.05) is 42.7 Å². The molecule has 2 saturated heterocycles. The fourth-order valence-corrected chi connectivity index (χ4v) is 4.52. The fraction of sp³-hybridized carbons (Fsp3) is 0.611. The van der Waals surface area contributed by atoms with Crippen LogP contribution in [0.4, 0.5) is 15.8 Å². The summed E-state index contributed by atoms with van der Waals surface area (Å²) in [5, 5.41) is 2.70. The van der Waals surface area contributed by atoms with E-state index in [1.807, 2.05) is 0 Å². The van der Waals surface area contributed by atoms with Crippen LogP contribution in [0.1, 0.15) is 32.1 Å². The zero-order chi connectivity index (χ0) is 18.7. The largest absolute Gasteiger partial charge is 0.371 e. The zero-order valence-electron chi connectivity index (χ0n) is 15.1. The van der Waals surface area contributed by atoms with Crippen molar-refractivity contribution in [3.05, 3.63) is 24.0 Å². The first-order chi connectivity index (χ1) is 12.3. The number of anilines is 2. The molecule has 2 aliphatic rings. The van der Waals surface area contributed by atoms with Crippen molar-refractivity contribution in [3.8, 4) is 0 Å². The second kappa shape index (κ2) is 7.92. The van der Waals surface area contributed by atoms with Crippen LogP contribution in [0, 0.1) is 11.7 Å². The smallest absolute Gasteiger partial charge is 0.227 e. The Hall–Kier alpha value is -1.67. The number of piperidine rings is 2. The third-order valence-electron chi connectivity index (χ3n) is 5.22. The average Bonchev–Trinajstić information content (AvgIpc) is 2.63. The number of rotatable bonds is 4. The Kier molecular flexibility index (Phi) is 5.82. The Morgan fingerprint density at radius 1 is 1.12 bits per heavy atom. The highest BCUT2D eigenvalue weighted by molar-refractivity contribution is 7.88. The van der Waals surface area contributed by atoms with E-state index >= 15 is 0 Å². The summed E-state index contributed by atoms with van der Waals surface area (Å²) in [4.78, 5) is 14.7. The molecule has 0 spiro atoms. The highest BCUT2D eigenvalue weighted by Gasteiger charge is 2.29. The van der Waals surface area contributed by atoms with Crippen LogP contribution in [0.25, 0.3) is 0 Å². The van der Waals surface area contributed by atoms with E-state index in [9.17, 15) is 17.6 Å². The number of amides is 1. The summed E-state index contributed by atoms with van der Waals surface area (Å²) in [6.45, 7) is 2.55. The van der Waals surface area contributed by atoms with E-state index in [1.165, 1.54) is 23.0 Å². The molecule has 6 nitrogen and oxygen atoms in total. The molecule has 2 aliphatic heterocycles. The molecule has 26 heavy (non-hydrogen) atoms. The SMILES string of the molecule is CS(=O)(=O)N1CCC(C(=O)Nc2cc(N3CCCCC3)ccc2F)CC1. The maximum Gasteiger partial charge on any atom is 0.227 e. The van der Waals surface area contributed by atoms with Crippen LogP contribution >= 0.6 is 0 Å². The molecule has 2 heterocycles. The van der Waals surface area contributed by atoms with Gasteiger partial charge < -0.3 is 10.2 Å². The number of benzene rings is 1. The fourth-order valence-electron chi connectivity index (χ4n) is 3.64. The Labute approximate surface area is 154 Å². The minimum Gasteiger partial charge on any atom is -0.371 e. The van der Waals surface area contributed by atoms with Gasteiger partial charge in [-0.3, -0.25) is 4.79 Å². The summed E-state index contributed by atoms with van der Waals surface area (Å²) < 4.78 is 38.7. The summed E-state index contributed by atoms with van der Waals surface area (Å²) in [7, 11) is -3.22. The van der Waals surface area contributed by atoms with Crippen molar-refractivity contribution in [2.24, 2.45) is 5.92 Å². The number of halogens is 1. The van der Waals surface area contributed by atoms with Crippen molar-refractivity contribution in [1.82, 2.24) is 4.31 Å². The van der Waals surface area contributed by atoms with Gasteiger partial charge >= 0.3 is 0 Å². The van der Waals surface area contributed by atoms with Crippen molar-refractivity contribution in [1.29, 1.82) is 0 Å². The minimum atomic E-state index is -3.22. The lowest BCUT2D eigenvalue weighted by molar-refractivity contribution is -0.120. The standard InChI is InChI=1S/C18H26FN3O3S/c1-26(24,25)22-11-7-14(8-12-22)18(23)20-17-13-15(5-6-16(17)19)21-9-3-2-4-10-21/h5-6,13-14H,2-4,7-12H2,1H3,(H,20,23). The molecule has 0 aliphatic carbocycles. The normalized spacial score (nSPS) is 20.2. The van der Waals surface area contributed by atoms with Gasteiger partial charge in [-0.2, -0.15) is 0 Å². The summed E-state index contributed by atoms with van der Waals surface area (Å²) in [5.74, 6) is -0.994. The van der Waals surface area contributed by atoms with Crippen molar-refractivity contribution < 1.29 is 17.6 Å². The van der Waals surface area contributed by atoms with E-state index in [1.54, 1.807) is 12.1 Å². The molecule has 0 atom stereocenters. The highest BCUT2D eigenvalue weighted by Crippen LogP contribution is 2.27. The van der Waals surface area contributed by atoms with Gasteiger partial charge in [-0.15, -0.1) is 0 Å². The van der Waals surface area contributed by atoms with Gasteiger partial charge in [0.1, 0.15) is 5.82 Å². The lowest BCUT2D eigenvalue weighted by atomic mass is 9.97. The quantitative estimate of drug-likeness (QED) is 0.867. The van der Waals surface area contributed by atoms with Crippen LogP contribution in [0.2, 0.25) is 0 Å². The van der Waals surface area contributed by atoms with Gasteiger partial charge in [-0.1, -0.05) is 0 Å². The molecular formula is C18H26FN3O3S. The Bertz CT molecular complexity index is 755. The Morgan fingerprint density at radius 2 is 1.77 bits per heavy atom. The molecule has 2 fully saturated rings. The van der Waals surface area contributed by atoms with Crippen LogP contribution in [-0.4, -0.2) is 51.1 Å². The maximum absolute atomic E-state index is 14.2. The summed E-state index contributed by atoms with van der Waals surface area (Å²) >= 11 is 0. The van der Waals surface area contributed by atoms with Crippen LogP contribution in [0.15, 0.2) is 18.2 Å². The average molecular weight is 383 g/mol. The predicted molar refractivity (Wildman–Crippen MR) is 100 cm³/mol. The zero-order valence-corrected chi connectivity index (χ0v) is 15.9. The monoisotopic (exact) mass is 383 g/mol. The van der Waals surface area contributed by atoms with Crippen molar-refractivity contribution >= 4 is 27.3 Å². The van der Waals surface area contributed by atoms with Crippen LogP contribution in [0.5, 0.6) is 0 Å². The Balaban J connectivity index is 1.64. The number of hydrogen-bond donors (Lipinski definition) is 1. The van der Waals surface area contributed by atoms with Gasteiger partial charge in [0.25, 0.3) is 0 Å². The minimum absolute atomic E-state index is 0.198. The first-order valence-electron chi connectivity index (χ1n) is 9.15. The van der Waals surface area contributed by atoms with Gasteiger partial charge in [-0.05, 0) is 50.3 Å². The van der Waals surface area contributed by atoms with Gasteiger partial charge in [0.2, 0.25) is 15.9 Å². The molecule has 0 radical (unpaired) electrons. The number of carbonyl (C=O) groups excluding carboxylic acids is 1. The number of sulfonamides is 1. The van der Waals surface area contributed by atoms with Gasteiger partial charge in [0.05, 0.1) is 11.9 Å². The molecule has 0 saturated carbocycles. The number of hydrogen-bond acceptors (Lipinski definition) is 4. The molecule has 144 valence electrons. The lowest BCUT2D eigenvalue weighted by Gasteiger charge is -2.30. The lowest BCUT2D eigenvalue weighted by Crippen LogP contribution is -2.41. The number of nitrogens with zero attached hydrogens (tertiary/aromatic N) is 2. The van der Waals surface area contributed by atoms with Gasteiger partial charge in [0, 0.05) is 37.8 Å². The maximum atomic E-state index is 14.2. The highest BCUT2D eigenvalue weighted by atomic mass is 32.2. The number of nitrogens with one attached hydrogen (secondary N) is 1. The summed E-state index contributed by atoms with van der Waals surface area (Å²) in [6, 6.07) is 4.84. The van der Waals surface area contributed by atoms with Crippen LogP contribution in [-0.2, 0) is 14.8 Å². The van der Waals surface area contributed by atoms with Crippen molar-refractivity contribution in [2.45, 2.75) is 32.1 Å². The third-order valence-corrected chi connectivity index (χ3v) is 6.53. The summed E-state index contributed by atoms with van der Waals surface area (Å²) in [6.07, 6.45) is 5.54. The first kappa shape index (κ1) is 19.1.